The average molecular weight is 334 g/mol. The number of Topliss-reactive ketones (excluding diaryl/α,β-unsaturated/α-hetero) is 1. The Hall–Kier alpha value is -0.530. The minimum absolute atomic E-state index is 0.228. The van der Waals surface area contributed by atoms with Crippen molar-refractivity contribution in [3.05, 3.63) is 0 Å². The van der Waals surface area contributed by atoms with E-state index in [-0.39, 0.29) is 6.61 Å². The Balaban J connectivity index is 1.94. The van der Waals surface area contributed by atoms with Crippen LogP contribution in [0.1, 0.15) is 44.9 Å². The molecule has 4 aliphatic carbocycles. The van der Waals surface area contributed by atoms with Crippen molar-refractivity contribution < 1.29 is 26.9 Å². The SMILES string of the molecule is COCCC(F)(C(=O)C12CC3CC(CC(C3)C1)C2)S(=O)(=O)O. The van der Waals surface area contributed by atoms with Crippen LogP contribution < -0.4 is 0 Å². The Morgan fingerprint density at radius 2 is 1.68 bits per heavy atom. The van der Waals surface area contributed by atoms with E-state index in [0.717, 1.165) is 19.3 Å². The third-order valence-corrected chi connectivity index (χ3v) is 7.10. The van der Waals surface area contributed by atoms with E-state index >= 15 is 4.39 Å². The lowest BCUT2D eigenvalue weighted by atomic mass is 9.48. The van der Waals surface area contributed by atoms with E-state index in [2.05, 4.69) is 0 Å². The monoisotopic (exact) mass is 334 g/mol. The van der Waals surface area contributed by atoms with Crippen LogP contribution in [0.15, 0.2) is 0 Å². The molecule has 4 saturated carbocycles. The molecule has 0 saturated heterocycles. The molecule has 0 radical (unpaired) electrons. The third-order valence-electron chi connectivity index (χ3n) is 5.90. The van der Waals surface area contributed by atoms with Crippen LogP contribution in [0.3, 0.4) is 0 Å². The highest BCUT2D eigenvalue weighted by atomic mass is 32.2. The molecule has 0 spiro atoms. The van der Waals surface area contributed by atoms with Gasteiger partial charge < -0.3 is 4.74 Å². The van der Waals surface area contributed by atoms with Crippen molar-refractivity contribution in [2.24, 2.45) is 23.2 Å². The fraction of sp³-hybridized carbons (Fsp3) is 0.933. The minimum Gasteiger partial charge on any atom is -0.385 e. The fourth-order valence-corrected chi connectivity index (χ4v) is 6.17. The normalized spacial score (nSPS) is 39.7. The molecule has 1 unspecified atom stereocenters. The lowest BCUT2D eigenvalue weighted by molar-refractivity contribution is -0.152. The summed E-state index contributed by atoms with van der Waals surface area (Å²) in [7, 11) is -3.82. The summed E-state index contributed by atoms with van der Waals surface area (Å²) >= 11 is 0. The molecule has 0 aromatic heterocycles. The molecule has 4 bridgehead atoms. The second-order valence-electron chi connectivity index (χ2n) is 7.47. The molecule has 7 heteroatoms. The minimum atomic E-state index is -5.13. The summed E-state index contributed by atoms with van der Waals surface area (Å²) in [5, 5.41) is -3.24. The van der Waals surface area contributed by atoms with E-state index in [0.29, 0.717) is 37.0 Å². The molecule has 0 aromatic rings. The van der Waals surface area contributed by atoms with Gasteiger partial charge in [0.25, 0.3) is 5.00 Å². The molecular formula is C15H23FO5S. The van der Waals surface area contributed by atoms with Gasteiger partial charge >= 0.3 is 10.1 Å². The van der Waals surface area contributed by atoms with Crippen molar-refractivity contribution >= 4 is 15.9 Å². The molecule has 4 rings (SSSR count). The molecule has 1 N–H and O–H groups in total. The lowest BCUT2D eigenvalue weighted by Gasteiger charge is -2.56. The van der Waals surface area contributed by atoms with Crippen LogP contribution in [0.5, 0.6) is 0 Å². The first-order valence-electron chi connectivity index (χ1n) is 7.90. The average Bonchev–Trinajstić information content (AvgIpc) is 2.41. The maximum atomic E-state index is 15.1. The molecule has 5 nitrogen and oxygen atoms in total. The Morgan fingerprint density at radius 3 is 2.05 bits per heavy atom. The zero-order valence-corrected chi connectivity index (χ0v) is 13.6. The Labute approximate surface area is 130 Å². The summed E-state index contributed by atoms with van der Waals surface area (Å²) in [5.74, 6) is 0.244. The predicted octanol–water partition coefficient (Wildman–Crippen LogP) is 2.36. The van der Waals surface area contributed by atoms with Crippen LogP contribution in [0.4, 0.5) is 4.39 Å². The maximum absolute atomic E-state index is 15.1. The Kier molecular flexibility index (Phi) is 3.89. The number of methoxy groups -OCH3 is 1. The summed E-state index contributed by atoms with van der Waals surface area (Å²) in [5.41, 5.74) is -0.910. The lowest BCUT2D eigenvalue weighted by Crippen LogP contribution is -2.57. The number of ketones is 1. The van der Waals surface area contributed by atoms with Crippen molar-refractivity contribution in [1.82, 2.24) is 0 Å². The first kappa shape index (κ1) is 16.3. The number of alkyl halides is 1. The predicted molar refractivity (Wildman–Crippen MR) is 77.5 cm³/mol. The van der Waals surface area contributed by atoms with E-state index in [1.165, 1.54) is 7.11 Å². The van der Waals surface area contributed by atoms with Gasteiger partial charge in [0.1, 0.15) is 0 Å². The van der Waals surface area contributed by atoms with Crippen LogP contribution >= 0.6 is 0 Å². The number of hydrogen-bond donors (Lipinski definition) is 1. The molecule has 0 heterocycles. The van der Waals surface area contributed by atoms with Gasteiger partial charge in [-0.15, -0.1) is 0 Å². The largest absolute Gasteiger partial charge is 0.385 e. The van der Waals surface area contributed by atoms with Gasteiger partial charge in [0, 0.05) is 18.9 Å². The van der Waals surface area contributed by atoms with E-state index in [1.807, 2.05) is 0 Å². The third kappa shape index (κ3) is 2.41. The van der Waals surface area contributed by atoms with Gasteiger partial charge in [-0.1, -0.05) is 0 Å². The number of carbonyl (C=O) groups is 1. The van der Waals surface area contributed by atoms with Crippen molar-refractivity contribution in [1.29, 1.82) is 0 Å². The quantitative estimate of drug-likeness (QED) is 0.754. The van der Waals surface area contributed by atoms with Gasteiger partial charge in [0.05, 0.1) is 6.61 Å². The molecule has 4 aliphatic rings. The van der Waals surface area contributed by atoms with Crippen LogP contribution in [0.25, 0.3) is 0 Å². The van der Waals surface area contributed by atoms with Gasteiger partial charge in [-0.25, -0.2) is 4.39 Å². The van der Waals surface area contributed by atoms with Crippen molar-refractivity contribution in [3.8, 4) is 0 Å². The Bertz CT molecular complexity index is 537. The van der Waals surface area contributed by atoms with Crippen molar-refractivity contribution in [3.63, 3.8) is 0 Å². The van der Waals surface area contributed by atoms with Crippen molar-refractivity contribution in [2.45, 2.75) is 49.9 Å². The summed E-state index contributed by atoms with van der Waals surface area (Å²) < 4.78 is 52.4. The highest BCUT2D eigenvalue weighted by Gasteiger charge is 2.63. The van der Waals surface area contributed by atoms with Crippen molar-refractivity contribution in [2.75, 3.05) is 13.7 Å². The van der Waals surface area contributed by atoms with Gasteiger partial charge in [0.15, 0.2) is 5.78 Å². The number of ether oxygens (including phenoxy) is 1. The number of rotatable bonds is 6. The smallest absolute Gasteiger partial charge is 0.308 e. The summed E-state index contributed by atoms with van der Waals surface area (Å²) in [6, 6.07) is 0. The van der Waals surface area contributed by atoms with Gasteiger partial charge in [-0.2, -0.15) is 8.42 Å². The molecule has 0 aliphatic heterocycles. The molecule has 0 aromatic carbocycles. The van der Waals surface area contributed by atoms with E-state index < -0.39 is 32.7 Å². The second-order valence-corrected chi connectivity index (χ2v) is 9.07. The standard InChI is InChI=1S/C15H23FO5S/c1-21-3-2-15(16,22(18,19)20)13(17)14-7-10-4-11(8-14)6-12(5-10)9-14/h10-12H,2-9H2,1H3,(H,18,19,20). The first-order valence-corrected chi connectivity index (χ1v) is 9.34. The van der Waals surface area contributed by atoms with E-state index in [9.17, 15) is 17.8 Å². The summed E-state index contributed by atoms with van der Waals surface area (Å²) in [6.07, 6.45) is 4.23. The van der Waals surface area contributed by atoms with Crippen LogP contribution in [-0.4, -0.2) is 37.5 Å². The molecule has 126 valence electrons. The van der Waals surface area contributed by atoms with Crippen LogP contribution in [0, 0.1) is 23.2 Å². The molecule has 1 atom stereocenters. The highest BCUT2D eigenvalue weighted by molar-refractivity contribution is 7.87. The van der Waals surface area contributed by atoms with Crippen LogP contribution in [0.2, 0.25) is 0 Å². The maximum Gasteiger partial charge on any atom is 0.308 e. The highest BCUT2D eigenvalue weighted by Crippen LogP contribution is 2.61. The van der Waals surface area contributed by atoms with Gasteiger partial charge in [-0.3, -0.25) is 9.35 Å². The number of hydrogen-bond acceptors (Lipinski definition) is 4. The zero-order valence-electron chi connectivity index (χ0n) is 12.8. The number of carbonyl (C=O) groups excluding carboxylic acids is 1. The zero-order chi connectivity index (χ0) is 16.2. The Morgan fingerprint density at radius 1 is 1.23 bits per heavy atom. The van der Waals surface area contributed by atoms with E-state index in [4.69, 9.17) is 4.74 Å². The summed E-state index contributed by atoms with van der Waals surface area (Å²) in [6.45, 7) is -0.228. The molecule has 0 amide bonds. The molecule has 22 heavy (non-hydrogen) atoms. The molecule has 4 fully saturated rings. The first-order chi connectivity index (χ1) is 10.2. The summed E-state index contributed by atoms with van der Waals surface area (Å²) in [4.78, 5) is 12.9. The van der Waals surface area contributed by atoms with Crippen LogP contribution in [-0.2, 0) is 19.6 Å². The topological polar surface area (TPSA) is 80.7 Å². The fourth-order valence-electron chi connectivity index (χ4n) is 5.38. The van der Waals surface area contributed by atoms with E-state index in [1.54, 1.807) is 0 Å². The van der Waals surface area contributed by atoms with Gasteiger partial charge in [-0.05, 0) is 56.3 Å². The molecular weight excluding hydrogens is 311 g/mol. The number of halogens is 1. The van der Waals surface area contributed by atoms with Gasteiger partial charge in [0.2, 0.25) is 0 Å². The second kappa shape index (κ2) is 5.24.